The molecule has 0 aromatic heterocycles. The maximum Gasteiger partial charge on any atom is 0.123 e. The molecule has 0 amide bonds. The van der Waals surface area contributed by atoms with Gasteiger partial charge in [-0.25, -0.2) is 4.39 Å². The Balaban J connectivity index is 1.93. The summed E-state index contributed by atoms with van der Waals surface area (Å²) in [6, 6.07) is 13.3. The summed E-state index contributed by atoms with van der Waals surface area (Å²) in [5.74, 6) is -0.162. The number of anilines is 1. The fraction of sp³-hybridized carbons (Fsp3) is 0.250. The number of hydrogen-bond acceptors (Lipinski definition) is 1. The zero-order valence-electron chi connectivity index (χ0n) is 10.2. The third-order valence-corrected chi connectivity index (χ3v) is 3.45. The number of halogens is 1. The molecule has 0 unspecified atom stereocenters. The zero-order chi connectivity index (χ0) is 12.4. The van der Waals surface area contributed by atoms with Gasteiger partial charge in [0.1, 0.15) is 5.82 Å². The largest absolute Gasteiger partial charge is 0.385 e. The molecule has 0 fully saturated rings. The third kappa shape index (κ3) is 2.23. The van der Waals surface area contributed by atoms with Gasteiger partial charge in [-0.05, 0) is 48.1 Å². The first-order chi connectivity index (χ1) is 8.83. The minimum Gasteiger partial charge on any atom is -0.385 e. The van der Waals surface area contributed by atoms with Crippen LogP contribution in [0, 0.1) is 5.82 Å². The number of nitrogens with one attached hydrogen (secondary N) is 1. The third-order valence-electron chi connectivity index (χ3n) is 3.45. The Bertz CT molecular complexity index is 563. The van der Waals surface area contributed by atoms with Gasteiger partial charge in [0, 0.05) is 12.2 Å². The highest BCUT2D eigenvalue weighted by molar-refractivity contribution is 5.60. The van der Waals surface area contributed by atoms with Gasteiger partial charge in [0.05, 0.1) is 0 Å². The smallest absolute Gasteiger partial charge is 0.123 e. The molecule has 1 heterocycles. The van der Waals surface area contributed by atoms with E-state index >= 15 is 0 Å². The quantitative estimate of drug-likeness (QED) is 0.843. The van der Waals surface area contributed by atoms with Crippen molar-refractivity contribution in [2.75, 3.05) is 11.9 Å². The maximum atomic E-state index is 13.2. The molecule has 2 heteroatoms. The van der Waals surface area contributed by atoms with Crippen LogP contribution in [0.3, 0.4) is 0 Å². The van der Waals surface area contributed by atoms with E-state index in [0.29, 0.717) is 0 Å². The van der Waals surface area contributed by atoms with Crippen molar-refractivity contribution in [3.05, 3.63) is 65.0 Å². The Kier molecular flexibility index (Phi) is 3.01. The number of para-hydroxylation sites is 1. The molecule has 0 bridgehead atoms. The minimum absolute atomic E-state index is 0.162. The van der Waals surface area contributed by atoms with Crippen molar-refractivity contribution >= 4 is 5.69 Å². The molecule has 0 atom stereocenters. The lowest BCUT2D eigenvalue weighted by molar-refractivity contribution is 0.626. The van der Waals surface area contributed by atoms with Crippen LogP contribution in [0.4, 0.5) is 10.1 Å². The Labute approximate surface area is 107 Å². The van der Waals surface area contributed by atoms with Crippen molar-refractivity contribution in [3.8, 4) is 0 Å². The SMILES string of the molecule is Fc1cccc(Cc2cccc3c2NCCC3)c1. The van der Waals surface area contributed by atoms with Gasteiger partial charge in [-0.1, -0.05) is 30.3 Å². The number of benzene rings is 2. The highest BCUT2D eigenvalue weighted by atomic mass is 19.1. The monoisotopic (exact) mass is 241 g/mol. The van der Waals surface area contributed by atoms with Gasteiger partial charge in [0.2, 0.25) is 0 Å². The van der Waals surface area contributed by atoms with Crippen LogP contribution < -0.4 is 5.32 Å². The predicted octanol–water partition coefficient (Wildman–Crippen LogP) is 3.77. The lowest BCUT2D eigenvalue weighted by Crippen LogP contribution is -2.13. The van der Waals surface area contributed by atoms with Gasteiger partial charge in [-0.2, -0.15) is 0 Å². The van der Waals surface area contributed by atoms with Crippen molar-refractivity contribution < 1.29 is 4.39 Å². The topological polar surface area (TPSA) is 12.0 Å². The van der Waals surface area contributed by atoms with Crippen LogP contribution in [0.25, 0.3) is 0 Å². The first kappa shape index (κ1) is 11.3. The van der Waals surface area contributed by atoms with E-state index in [-0.39, 0.29) is 5.82 Å². The second kappa shape index (κ2) is 4.81. The number of fused-ring (bicyclic) bond motifs is 1. The van der Waals surface area contributed by atoms with Crippen molar-refractivity contribution in [2.24, 2.45) is 0 Å². The van der Waals surface area contributed by atoms with Crippen molar-refractivity contribution in [1.29, 1.82) is 0 Å². The van der Waals surface area contributed by atoms with Crippen LogP contribution in [0.15, 0.2) is 42.5 Å². The lowest BCUT2D eigenvalue weighted by Gasteiger charge is -2.21. The molecular weight excluding hydrogens is 225 g/mol. The molecule has 0 aliphatic carbocycles. The Hall–Kier alpha value is -1.83. The van der Waals surface area contributed by atoms with Crippen LogP contribution >= 0.6 is 0 Å². The molecule has 0 saturated carbocycles. The number of aryl methyl sites for hydroxylation is 1. The van der Waals surface area contributed by atoms with E-state index in [4.69, 9.17) is 0 Å². The fourth-order valence-electron chi connectivity index (χ4n) is 2.60. The molecule has 2 aromatic rings. The molecule has 1 nitrogen and oxygen atoms in total. The van der Waals surface area contributed by atoms with Gasteiger partial charge in [-0.3, -0.25) is 0 Å². The van der Waals surface area contributed by atoms with Gasteiger partial charge in [0.15, 0.2) is 0 Å². The van der Waals surface area contributed by atoms with E-state index in [9.17, 15) is 4.39 Å². The highest BCUT2D eigenvalue weighted by Gasteiger charge is 2.12. The summed E-state index contributed by atoms with van der Waals surface area (Å²) in [6.45, 7) is 1.03. The van der Waals surface area contributed by atoms with Gasteiger partial charge >= 0.3 is 0 Å². The first-order valence-corrected chi connectivity index (χ1v) is 6.42. The van der Waals surface area contributed by atoms with Crippen LogP contribution in [-0.4, -0.2) is 6.54 Å². The average Bonchev–Trinajstić information content (AvgIpc) is 2.39. The Morgan fingerprint density at radius 3 is 2.89 bits per heavy atom. The summed E-state index contributed by atoms with van der Waals surface area (Å²) in [4.78, 5) is 0. The molecule has 1 aliphatic rings. The summed E-state index contributed by atoms with van der Waals surface area (Å²) in [5, 5.41) is 3.47. The standard InChI is InChI=1S/C16H16FN/c17-15-8-1-4-12(11-15)10-14-6-2-5-13-7-3-9-18-16(13)14/h1-2,4-6,8,11,18H,3,7,9-10H2. The molecule has 2 aromatic carbocycles. The Morgan fingerprint density at radius 2 is 2.00 bits per heavy atom. The van der Waals surface area contributed by atoms with E-state index in [2.05, 4.69) is 23.5 Å². The predicted molar refractivity (Wildman–Crippen MR) is 72.5 cm³/mol. The minimum atomic E-state index is -0.162. The molecule has 0 spiro atoms. The summed E-state index contributed by atoms with van der Waals surface area (Å²) < 4.78 is 13.2. The first-order valence-electron chi connectivity index (χ1n) is 6.42. The molecule has 18 heavy (non-hydrogen) atoms. The van der Waals surface area contributed by atoms with E-state index in [1.807, 2.05) is 6.07 Å². The van der Waals surface area contributed by atoms with Crippen LogP contribution in [-0.2, 0) is 12.8 Å². The van der Waals surface area contributed by atoms with E-state index < -0.39 is 0 Å². The average molecular weight is 241 g/mol. The van der Waals surface area contributed by atoms with E-state index in [1.54, 1.807) is 12.1 Å². The van der Waals surface area contributed by atoms with Gasteiger partial charge < -0.3 is 5.32 Å². The maximum absolute atomic E-state index is 13.2. The summed E-state index contributed by atoms with van der Waals surface area (Å²) >= 11 is 0. The van der Waals surface area contributed by atoms with Crippen LogP contribution in [0.1, 0.15) is 23.1 Å². The van der Waals surface area contributed by atoms with Crippen LogP contribution in [0.5, 0.6) is 0 Å². The second-order valence-electron chi connectivity index (χ2n) is 4.79. The molecular formula is C16H16FN. The molecule has 0 saturated heterocycles. The van der Waals surface area contributed by atoms with Crippen molar-refractivity contribution in [3.63, 3.8) is 0 Å². The Morgan fingerprint density at radius 1 is 1.11 bits per heavy atom. The number of hydrogen-bond donors (Lipinski definition) is 1. The molecule has 1 aliphatic heterocycles. The molecule has 3 rings (SSSR count). The number of rotatable bonds is 2. The van der Waals surface area contributed by atoms with E-state index in [0.717, 1.165) is 24.9 Å². The molecule has 0 radical (unpaired) electrons. The summed E-state index contributed by atoms with van der Waals surface area (Å²) in [6.07, 6.45) is 3.11. The highest BCUT2D eigenvalue weighted by Crippen LogP contribution is 2.27. The van der Waals surface area contributed by atoms with E-state index in [1.165, 1.54) is 29.3 Å². The lowest BCUT2D eigenvalue weighted by atomic mass is 9.95. The molecule has 92 valence electrons. The van der Waals surface area contributed by atoms with Gasteiger partial charge in [-0.15, -0.1) is 0 Å². The van der Waals surface area contributed by atoms with Gasteiger partial charge in [0.25, 0.3) is 0 Å². The summed E-state index contributed by atoms with van der Waals surface area (Å²) in [5.41, 5.74) is 4.93. The summed E-state index contributed by atoms with van der Waals surface area (Å²) in [7, 11) is 0. The second-order valence-corrected chi connectivity index (χ2v) is 4.79. The van der Waals surface area contributed by atoms with Crippen molar-refractivity contribution in [2.45, 2.75) is 19.3 Å². The zero-order valence-corrected chi connectivity index (χ0v) is 10.2. The fourth-order valence-corrected chi connectivity index (χ4v) is 2.60. The molecule has 1 N–H and O–H groups in total. The van der Waals surface area contributed by atoms with Crippen LogP contribution in [0.2, 0.25) is 0 Å². The normalized spacial score (nSPS) is 13.8. The van der Waals surface area contributed by atoms with Crippen molar-refractivity contribution in [1.82, 2.24) is 0 Å².